The molecule has 0 aliphatic carbocycles. The molecular weight excluding hydrogens is 328 g/mol. The first kappa shape index (κ1) is 19.5. The average Bonchev–Trinajstić information content (AvgIpc) is 2.65. The standard InChI is InChI=1S/C21H26N2O3/c1-5-14(2)17-11-8-9-13-19(17)26-16(4)20(24)22-23-21(25)18-12-7-6-10-15(18)3/h6-14,16H,5H2,1-4H3,(H,22,24)(H,23,25). The summed E-state index contributed by atoms with van der Waals surface area (Å²) in [5.41, 5.74) is 7.29. The van der Waals surface area contributed by atoms with Crippen molar-refractivity contribution in [1.82, 2.24) is 10.9 Å². The number of carbonyl (C=O) groups excluding carboxylic acids is 2. The van der Waals surface area contributed by atoms with Gasteiger partial charge in [0.1, 0.15) is 5.75 Å². The molecule has 138 valence electrons. The highest BCUT2D eigenvalue weighted by molar-refractivity contribution is 5.96. The predicted molar refractivity (Wildman–Crippen MR) is 102 cm³/mol. The lowest BCUT2D eigenvalue weighted by molar-refractivity contribution is -0.128. The van der Waals surface area contributed by atoms with Crippen molar-refractivity contribution in [3.05, 3.63) is 65.2 Å². The molecule has 5 heteroatoms. The van der Waals surface area contributed by atoms with Gasteiger partial charge < -0.3 is 4.74 Å². The molecule has 5 nitrogen and oxygen atoms in total. The first-order valence-electron chi connectivity index (χ1n) is 8.85. The number of hydrogen-bond acceptors (Lipinski definition) is 3. The van der Waals surface area contributed by atoms with Gasteiger partial charge in [-0.25, -0.2) is 0 Å². The Labute approximate surface area is 154 Å². The Hall–Kier alpha value is -2.82. The van der Waals surface area contributed by atoms with Crippen molar-refractivity contribution in [1.29, 1.82) is 0 Å². The number of nitrogens with one attached hydrogen (secondary N) is 2. The molecule has 0 aromatic heterocycles. The van der Waals surface area contributed by atoms with Gasteiger partial charge in [0.15, 0.2) is 6.10 Å². The van der Waals surface area contributed by atoms with Gasteiger partial charge in [0.05, 0.1) is 0 Å². The van der Waals surface area contributed by atoms with Crippen LogP contribution in [0.25, 0.3) is 0 Å². The number of para-hydroxylation sites is 1. The molecule has 26 heavy (non-hydrogen) atoms. The molecule has 2 atom stereocenters. The number of ether oxygens (including phenoxy) is 1. The summed E-state index contributed by atoms with van der Waals surface area (Å²) in [6.07, 6.45) is 0.241. The highest BCUT2D eigenvalue weighted by atomic mass is 16.5. The molecule has 0 saturated heterocycles. The average molecular weight is 354 g/mol. The molecule has 0 fully saturated rings. The van der Waals surface area contributed by atoms with E-state index >= 15 is 0 Å². The van der Waals surface area contributed by atoms with Gasteiger partial charge in [0.25, 0.3) is 11.8 Å². The van der Waals surface area contributed by atoms with Crippen molar-refractivity contribution in [2.45, 2.75) is 46.1 Å². The Bertz CT molecular complexity index is 773. The predicted octanol–water partition coefficient (Wildman–Crippen LogP) is 3.74. The molecule has 0 aliphatic rings. The maximum absolute atomic E-state index is 12.3. The molecule has 2 aromatic rings. The summed E-state index contributed by atoms with van der Waals surface area (Å²) >= 11 is 0. The van der Waals surface area contributed by atoms with E-state index in [2.05, 4.69) is 24.7 Å². The van der Waals surface area contributed by atoms with E-state index in [0.717, 1.165) is 17.5 Å². The van der Waals surface area contributed by atoms with Gasteiger partial charge in [-0.3, -0.25) is 20.4 Å². The maximum atomic E-state index is 12.3. The van der Waals surface area contributed by atoms with Crippen LogP contribution < -0.4 is 15.6 Å². The summed E-state index contributed by atoms with van der Waals surface area (Å²) in [5, 5.41) is 0. The quantitative estimate of drug-likeness (QED) is 0.777. The Morgan fingerprint density at radius 1 is 1.00 bits per heavy atom. The van der Waals surface area contributed by atoms with Crippen LogP contribution in [-0.2, 0) is 4.79 Å². The fraction of sp³-hybridized carbons (Fsp3) is 0.333. The Kier molecular flexibility index (Phi) is 6.78. The van der Waals surface area contributed by atoms with Crippen LogP contribution >= 0.6 is 0 Å². The number of aryl methyl sites for hydroxylation is 1. The fourth-order valence-electron chi connectivity index (χ4n) is 2.57. The Balaban J connectivity index is 1.96. The lowest BCUT2D eigenvalue weighted by Crippen LogP contribution is -2.47. The number of hydrazine groups is 1. The topological polar surface area (TPSA) is 67.4 Å². The van der Waals surface area contributed by atoms with Crippen molar-refractivity contribution >= 4 is 11.8 Å². The summed E-state index contributed by atoms with van der Waals surface area (Å²) < 4.78 is 5.83. The van der Waals surface area contributed by atoms with E-state index in [9.17, 15) is 9.59 Å². The van der Waals surface area contributed by atoms with Crippen LogP contribution in [0.4, 0.5) is 0 Å². The van der Waals surface area contributed by atoms with Crippen LogP contribution in [0.1, 0.15) is 54.6 Å². The number of benzene rings is 2. The van der Waals surface area contributed by atoms with E-state index in [1.165, 1.54) is 0 Å². The minimum Gasteiger partial charge on any atom is -0.481 e. The SMILES string of the molecule is CCC(C)c1ccccc1OC(C)C(=O)NNC(=O)c1ccccc1C. The van der Waals surface area contributed by atoms with Gasteiger partial charge in [0.2, 0.25) is 0 Å². The largest absolute Gasteiger partial charge is 0.481 e. The highest BCUT2D eigenvalue weighted by Gasteiger charge is 2.19. The van der Waals surface area contributed by atoms with Crippen LogP contribution in [0.2, 0.25) is 0 Å². The van der Waals surface area contributed by atoms with Crippen molar-refractivity contribution in [3.8, 4) is 5.75 Å². The molecular formula is C21H26N2O3. The van der Waals surface area contributed by atoms with Gasteiger partial charge in [-0.15, -0.1) is 0 Å². The molecule has 2 unspecified atom stereocenters. The molecule has 2 amide bonds. The zero-order chi connectivity index (χ0) is 19.1. The summed E-state index contributed by atoms with van der Waals surface area (Å²) in [4.78, 5) is 24.4. The summed E-state index contributed by atoms with van der Waals surface area (Å²) in [6.45, 7) is 7.73. The summed E-state index contributed by atoms with van der Waals surface area (Å²) in [5.74, 6) is 0.256. The normalized spacial score (nSPS) is 12.8. The van der Waals surface area contributed by atoms with E-state index < -0.39 is 12.0 Å². The van der Waals surface area contributed by atoms with Crippen molar-refractivity contribution in [3.63, 3.8) is 0 Å². The number of rotatable bonds is 6. The van der Waals surface area contributed by atoms with E-state index in [1.54, 1.807) is 19.1 Å². The zero-order valence-corrected chi connectivity index (χ0v) is 15.7. The molecule has 0 aliphatic heterocycles. The second-order valence-electron chi connectivity index (χ2n) is 6.37. The third-order valence-corrected chi connectivity index (χ3v) is 4.42. The van der Waals surface area contributed by atoms with Crippen LogP contribution in [0.3, 0.4) is 0 Å². The third-order valence-electron chi connectivity index (χ3n) is 4.42. The monoisotopic (exact) mass is 354 g/mol. The first-order valence-corrected chi connectivity index (χ1v) is 8.85. The Morgan fingerprint density at radius 2 is 1.65 bits per heavy atom. The van der Waals surface area contributed by atoms with E-state index in [4.69, 9.17) is 4.74 Å². The van der Waals surface area contributed by atoms with E-state index in [0.29, 0.717) is 17.2 Å². The van der Waals surface area contributed by atoms with Crippen LogP contribution in [0, 0.1) is 6.92 Å². The van der Waals surface area contributed by atoms with Crippen LogP contribution in [0.5, 0.6) is 5.75 Å². The number of amides is 2. The zero-order valence-electron chi connectivity index (χ0n) is 15.7. The lowest BCUT2D eigenvalue weighted by Gasteiger charge is -2.19. The van der Waals surface area contributed by atoms with Crippen molar-refractivity contribution in [2.24, 2.45) is 0 Å². The smallest absolute Gasteiger partial charge is 0.279 e. The van der Waals surface area contributed by atoms with E-state index in [-0.39, 0.29) is 5.91 Å². The summed E-state index contributed by atoms with van der Waals surface area (Å²) in [6, 6.07) is 14.9. The molecule has 0 radical (unpaired) electrons. The second-order valence-corrected chi connectivity index (χ2v) is 6.37. The third kappa shape index (κ3) is 4.85. The van der Waals surface area contributed by atoms with Gasteiger partial charge in [-0.2, -0.15) is 0 Å². The van der Waals surface area contributed by atoms with Crippen LogP contribution in [0.15, 0.2) is 48.5 Å². The maximum Gasteiger partial charge on any atom is 0.279 e. The fourth-order valence-corrected chi connectivity index (χ4v) is 2.57. The van der Waals surface area contributed by atoms with Crippen LogP contribution in [-0.4, -0.2) is 17.9 Å². The lowest BCUT2D eigenvalue weighted by atomic mass is 9.98. The Morgan fingerprint density at radius 3 is 2.35 bits per heavy atom. The minimum absolute atomic E-state index is 0.335. The molecule has 2 aromatic carbocycles. The molecule has 2 rings (SSSR count). The highest BCUT2D eigenvalue weighted by Crippen LogP contribution is 2.29. The van der Waals surface area contributed by atoms with Gasteiger partial charge in [-0.05, 0) is 49.4 Å². The molecule has 0 heterocycles. The molecule has 0 spiro atoms. The van der Waals surface area contributed by atoms with Gasteiger partial charge in [0, 0.05) is 5.56 Å². The van der Waals surface area contributed by atoms with E-state index in [1.807, 2.05) is 43.3 Å². The molecule has 2 N–H and O–H groups in total. The number of hydrogen-bond donors (Lipinski definition) is 2. The van der Waals surface area contributed by atoms with Gasteiger partial charge >= 0.3 is 0 Å². The second kappa shape index (κ2) is 9.04. The summed E-state index contributed by atoms with van der Waals surface area (Å²) in [7, 11) is 0. The minimum atomic E-state index is -0.739. The van der Waals surface area contributed by atoms with Gasteiger partial charge in [-0.1, -0.05) is 50.2 Å². The molecule has 0 saturated carbocycles. The molecule has 0 bridgehead atoms. The number of carbonyl (C=O) groups is 2. The first-order chi connectivity index (χ1) is 12.4. The van der Waals surface area contributed by atoms with Crippen molar-refractivity contribution in [2.75, 3.05) is 0 Å². The van der Waals surface area contributed by atoms with Crippen molar-refractivity contribution < 1.29 is 14.3 Å².